The minimum Gasteiger partial charge on any atom is -0.508 e. The van der Waals surface area contributed by atoms with Crippen LogP contribution in [0.5, 0.6) is 5.75 Å². The molecular weight excluding hydrogens is 523 g/mol. The summed E-state index contributed by atoms with van der Waals surface area (Å²) in [5.41, 5.74) is 12.9. The van der Waals surface area contributed by atoms with Crippen LogP contribution in [0.25, 0.3) is 16.8 Å². The van der Waals surface area contributed by atoms with Crippen LogP contribution in [0.4, 0.5) is 34.1 Å². The minimum atomic E-state index is 0.00152. The summed E-state index contributed by atoms with van der Waals surface area (Å²) >= 11 is 0. The Morgan fingerprint density at radius 2 is 1.23 bits per heavy atom. The first-order valence-electron chi connectivity index (χ1n) is 14.9. The molecule has 4 heteroatoms. The Labute approximate surface area is 251 Å². The van der Waals surface area contributed by atoms with Crippen LogP contribution in [0.2, 0.25) is 0 Å². The van der Waals surface area contributed by atoms with Gasteiger partial charge in [0.15, 0.2) is 0 Å². The van der Waals surface area contributed by atoms with Crippen molar-refractivity contribution in [2.24, 2.45) is 0 Å². The quantitative estimate of drug-likeness (QED) is 0.223. The maximum Gasteiger partial charge on any atom is 0.252 e. The fourth-order valence-electron chi connectivity index (χ4n) is 7.40. The highest BCUT2D eigenvalue weighted by Crippen LogP contribution is 2.48. The number of aromatic hydroxyl groups is 1. The maximum atomic E-state index is 11.5. The van der Waals surface area contributed by atoms with Gasteiger partial charge >= 0.3 is 0 Å². The van der Waals surface area contributed by atoms with Crippen LogP contribution in [-0.2, 0) is 6.42 Å². The van der Waals surface area contributed by atoms with Crippen molar-refractivity contribution in [3.05, 3.63) is 151 Å². The van der Waals surface area contributed by atoms with Crippen LogP contribution >= 0.6 is 0 Å². The standard InChI is InChI=1S/C39H27BN2O/c43-30-24-35-37-36(25-30)42(29-16-7-3-8-17-29)39-32-19-11-10-13-27(32)21-23-34(39)40(37)33-22-20-26-12-4-1-9-18-31(26)38(33)41(35)28-14-5-2-6-15-28/h1-17,19-25,43H,18H2. The molecule has 0 unspecified atom stereocenters. The number of para-hydroxylation sites is 2. The Bertz CT molecular complexity index is 2140. The first-order chi connectivity index (χ1) is 21.3. The van der Waals surface area contributed by atoms with Gasteiger partial charge in [0.2, 0.25) is 0 Å². The normalized spacial score (nSPS) is 14.2. The van der Waals surface area contributed by atoms with Crippen molar-refractivity contribution < 1.29 is 5.11 Å². The number of hydrogen-bond acceptors (Lipinski definition) is 3. The van der Waals surface area contributed by atoms with Crippen molar-refractivity contribution >= 4 is 74.1 Å². The summed E-state index contributed by atoms with van der Waals surface area (Å²) in [5.74, 6) is 0.253. The lowest BCUT2D eigenvalue weighted by molar-refractivity contribution is 0.476. The molecule has 0 fully saturated rings. The first-order valence-corrected chi connectivity index (χ1v) is 14.9. The Morgan fingerprint density at radius 3 is 1.98 bits per heavy atom. The molecule has 0 radical (unpaired) electrons. The number of anilines is 6. The lowest BCUT2D eigenvalue weighted by Crippen LogP contribution is -2.61. The highest BCUT2D eigenvalue weighted by atomic mass is 16.3. The second-order valence-electron chi connectivity index (χ2n) is 11.5. The maximum absolute atomic E-state index is 11.5. The van der Waals surface area contributed by atoms with Gasteiger partial charge in [-0.25, -0.2) is 0 Å². The molecule has 3 nitrogen and oxygen atoms in total. The Morgan fingerprint density at radius 1 is 0.605 bits per heavy atom. The molecule has 3 aliphatic rings. The molecular formula is C39H27BN2O. The molecule has 0 amide bonds. The smallest absolute Gasteiger partial charge is 0.252 e. The van der Waals surface area contributed by atoms with Gasteiger partial charge in [0, 0.05) is 51.6 Å². The molecule has 43 heavy (non-hydrogen) atoms. The predicted octanol–water partition coefficient (Wildman–Crippen LogP) is 7.75. The van der Waals surface area contributed by atoms with Crippen LogP contribution in [0, 0.1) is 0 Å². The summed E-state index contributed by atoms with van der Waals surface area (Å²) in [6.07, 6.45) is 9.56. The third-order valence-electron chi connectivity index (χ3n) is 9.12. The molecule has 0 bridgehead atoms. The summed E-state index contributed by atoms with van der Waals surface area (Å²) in [5, 5.41) is 13.9. The van der Waals surface area contributed by atoms with Gasteiger partial charge in [0.25, 0.3) is 6.71 Å². The van der Waals surface area contributed by atoms with E-state index in [9.17, 15) is 5.11 Å². The van der Waals surface area contributed by atoms with Crippen LogP contribution in [0.3, 0.4) is 0 Å². The monoisotopic (exact) mass is 550 g/mol. The van der Waals surface area contributed by atoms with E-state index in [0.29, 0.717) is 0 Å². The number of benzene rings is 6. The fraction of sp³-hybridized carbons (Fsp3) is 0.0256. The molecule has 0 spiro atoms. The Hall–Kier alpha value is -5.48. The van der Waals surface area contributed by atoms with Crippen LogP contribution in [0.1, 0.15) is 11.1 Å². The highest BCUT2D eigenvalue weighted by Gasteiger charge is 2.45. The van der Waals surface area contributed by atoms with Gasteiger partial charge in [-0.15, -0.1) is 0 Å². The molecule has 1 aliphatic carbocycles. The van der Waals surface area contributed by atoms with E-state index in [4.69, 9.17) is 0 Å². The van der Waals surface area contributed by atoms with Crippen molar-refractivity contribution in [2.75, 3.05) is 9.80 Å². The molecule has 202 valence electrons. The number of phenols is 1. The first kappa shape index (κ1) is 24.2. The Balaban J connectivity index is 1.45. The molecule has 0 saturated heterocycles. The molecule has 2 aliphatic heterocycles. The van der Waals surface area contributed by atoms with Crippen molar-refractivity contribution in [1.82, 2.24) is 0 Å². The van der Waals surface area contributed by atoms with Crippen molar-refractivity contribution in [3.8, 4) is 5.75 Å². The largest absolute Gasteiger partial charge is 0.508 e. The number of allylic oxidation sites excluding steroid dienone is 3. The average Bonchev–Trinajstić information content (AvgIpc) is 3.31. The van der Waals surface area contributed by atoms with E-state index in [1.165, 1.54) is 49.7 Å². The lowest BCUT2D eigenvalue weighted by atomic mass is 9.33. The zero-order valence-electron chi connectivity index (χ0n) is 23.5. The van der Waals surface area contributed by atoms with E-state index in [1.807, 2.05) is 12.1 Å². The van der Waals surface area contributed by atoms with Gasteiger partial charge in [-0.2, -0.15) is 0 Å². The molecule has 1 N–H and O–H groups in total. The summed E-state index contributed by atoms with van der Waals surface area (Å²) in [6, 6.07) is 42.9. The van der Waals surface area contributed by atoms with Gasteiger partial charge in [-0.3, -0.25) is 0 Å². The van der Waals surface area contributed by atoms with Gasteiger partial charge in [0.1, 0.15) is 5.75 Å². The van der Waals surface area contributed by atoms with Crippen molar-refractivity contribution in [1.29, 1.82) is 0 Å². The molecule has 0 saturated carbocycles. The van der Waals surface area contributed by atoms with E-state index >= 15 is 0 Å². The molecule has 6 aromatic carbocycles. The number of nitrogens with zero attached hydrogens (tertiary/aromatic N) is 2. The van der Waals surface area contributed by atoms with Crippen LogP contribution < -0.4 is 26.2 Å². The topological polar surface area (TPSA) is 26.7 Å². The molecule has 0 atom stereocenters. The average molecular weight is 550 g/mol. The van der Waals surface area contributed by atoms with E-state index in [-0.39, 0.29) is 12.5 Å². The zero-order valence-corrected chi connectivity index (χ0v) is 23.5. The summed E-state index contributed by atoms with van der Waals surface area (Å²) in [6.45, 7) is 0.00152. The summed E-state index contributed by atoms with van der Waals surface area (Å²) in [7, 11) is 0. The summed E-state index contributed by atoms with van der Waals surface area (Å²) < 4.78 is 0. The third-order valence-corrected chi connectivity index (χ3v) is 9.12. The molecule has 2 heterocycles. The lowest BCUT2D eigenvalue weighted by Gasteiger charge is -2.45. The van der Waals surface area contributed by atoms with E-state index in [2.05, 4.69) is 143 Å². The Kier molecular flexibility index (Phi) is 5.21. The molecule has 0 aromatic heterocycles. The third kappa shape index (κ3) is 3.50. The van der Waals surface area contributed by atoms with Crippen molar-refractivity contribution in [2.45, 2.75) is 6.42 Å². The van der Waals surface area contributed by atoms with Crippen LogP contribution in [0.15, 0.2) is 140 Å². The van der Waals surface area contributed by atoms with Gasteiger partial charge < -0.3 is 14.9 Å². The molecule has 6 aromatic rings. The van der Waals surface area contributed by atoms with Crippen molar-refractivity contribution in [3.63, 3.8) is 0 Å². The number of rotatable bonds is 2. The summed E-state index contributed by atoms with van der Waals surface area (Å²) in [4.78, 5) is 4.74. The van der Waals surface area contributed by atoms with E-state index in [0.717, 1.165) is 29.2 Å². The second kappa shape index (κ2) is 9.27. The number of hydrogen-bond donors (Lipinski definition) is 1. The van der Waals surface area contributed by atoms with Crippen LogP contribution in [-0.4, -0.2) is 11.8 Å². The highest BCUT2D eigenvalue weighted by molar-refractivity contribution is 7.00. The zero-order chi connectivity index (χ0) is 28.5. The fourth-order valence-corrected chi connectivity index (χ4v) is 7.40. The number of phenolic OH excluding ortho intramolecular Hbond substituents is 1. The second-order valence-corrected chi connectivity index (χ2v) is 11.5. The minimum absolute atomic E-state index is 0.00152. The predicted molar refractivity (Wildman–Crippen MR) is 182 cm³/mol. The van der Waals surface area contributed by atoms with E-state index < -0.39 is 0 Å². The van der Waals surface area contributed by atoms with E-state index in [1.54, 1.807) is 0 Å². The number of fused-ring (bicyclic) bond motifs is 8. The van der Waals surface area contributed by atoms with Gasteiger partial charge in [-0.05, 0) is 63.6 Å². The SMILES string of the molecule is Oc1cc2c3c(c1)N(c1ccccc1)c1c(ccc4ccccc14)B3c1ccc3c(c1N2c1ccccc1)CC=CC=C3. The molecule has 9 rings (SSSR count). The van der Waals surface area contributed by atoms with Gasteiger partial charge in [0.05, 0.1) is 0 Å². The van der Waals surface area contributed by atoms with Gasteiger partial charge in [-0.1, -0.05) is 109 Å².